The van der Waals surface area contributed by atoms with Gasteiger partial charge in [0.2, 0.25) is 11.8 Å². The average Bonchev–Trinajstić information content (AvgIpc) is 3.10. The summed E-state index contributed by atoms with van der Waals surface area (Å²) in [6.45, 7) is 4.52. The Hall–Kier alpha value is -4.47. The van der Waals surface area contributed by atoms with Crippen LogP contribution in [0.15, 0.2) is 109 Å². The minimum absolute atomic E-state index is 0.0606. The molecule has 0 aromatic heterocycles. The molecule has 0 unspecified atom stereocenters. The summed E-state index contributed by atoms with van der Waals surface area (Å²) in [5.74, 6) is -1.71. The highest BCUT2D eigenvalue weighted by Gasteiger charge is 2.34. The van der Waals surface area contributed by atoms with Crippen molar-refractivity contribution in [1.29, 1.82) is 0 Å². The minimum Gasteiger partial charge on any atom is -0.489 e. The van der Waals surface area contributed by atoms with Crippen molar-refractivity contribution in [1.82, 2.24) is 10.6 Å². The van der Waals surface area contributed by atoms with Crippen LogP contribution in [-0.2, 0) is 40.2 Å². The zero-order valence-corrected chi connectivity index (χ0v) is 28.1. The predicted molar refractivity (Wildman–Crippen MR) is 185 cm³/mol. The van der Waals surface area contributed by atoms with Gasteiger partial charge in [-0.2, -0.15) is 0 Å². The lowest BCUT2D eigenvalue weighted by Gasteiger charge is -2.26. The van der Waals surface area contributed by atoms with E-state index in [1.807, 2.05) is 74.5 Å². The van der Waals surface area contributed by atoms with Gasteiger partial charge < -0.3 is 35.6 Å². The van der Waals surface area contributed by atoms with E-state index < -0.39 is 37.3 Å². The van der Waals surface area contributed by atoms with Crippen LogP contribution >= 0.6 is 7.60 Å². The Balaban J connectivity index is 1.44. The Kier molecular flexibility index (Phi) is 13.3. The summed E-state index contributed by atoms with van der Waals surface area (Å²) in [6, 6.07) is 31.3. The summed E-state index contributed by atoms with van der Waals surface area (Å²) >= 11 is 0. The Morgan fingerprint density at radius 1 is 0.688 bits per heavy atom. The van der Waals surface area contributed by atoms with Crippen molar-refractivity contribution < 1.29 is 33.4 Å². The van der Waals surface area contributed by atoms with Crippen LogP contribution in [0.4, 0.5) is 0 Å². The molecule has 0 aliphatic carbocycles. The topological polar surface area (TPSA) is 160 Å². The van der Waals surface area contributed by atoms with Crippen molar-refractivity contribution in [3.05, 3.63) is 131 Å². The molecule has 48 heavy (non-hydrogen) atoms. The molecule has 254 valence electrons. The zero-order chi connectivity index (χ0) is 34.5. The van der Waals surface area contributed by atoms with Crippen LogP contribution in [0.5, 0.6) is 11.5 Å². The summed E-state index contributed by atoms with van der Waals surface area (Å²) in [7, 11) is -4.81. The second-order valence-corrected chi connectivity index (χ2v) is 13.6. The van der Waals surface area contributed by atoms with Crippen molar-refractivity contribution in [3.8, 4) is 11.5 Å². The van der Waals surface area contributed by atoms with E-state index in [2.05, 4.69) is 10.6 Å². The smallest absolute Gasteiger partial charge is 0.347 e. The molecule has 0 fully saturated rings. The van der Waals surface area contributed by atoms with Gasteiger partial charge in [-0.15, -0.1) is 0 Å². The summed E-state index contributed by atoms with van der Waals surface area (Å²) < 4.78 is 24.2. The van der Waals surface area contributed by atoms with Gasteiger partial charge in [0.25, 0.3) is 0 Å². The third kappa shape index (κ3) is 11.3. The number of rotatable bonds is 17. The first-order valence-electron chi connectivity index (χ1n) is 15.9. The molecule has 0 saturated carbocycles. The quantitative estimate of drug-likeness (QED) is 0.0968. The molecule has 10 nitrogen and oxygen atoms in total. The van der Waals surface area contributed by atoms with Crippen LogP contribution in [0.3, 0.4) is 0 Å². The first-order valence-corrected chi connectivity index (χ1v) is 17.6. The number of carbonyl (C=O) groups excluding carboxylic acids is 2. The molecule has 4 aromatic carbocycles. The van der Waals surface area contributed by atoms with Crippen LogP contribution in [0.1, 0.15) is 42.5 Å². The number of amides is 2. The highest BCUT2D eigenvalue weighted by atomic mass is 31.2. The summed E-state index contributed by atoms with van der Waals surface area (Å²) in [5.41, 5.74) is 9.47. The Morgan fingerprint density at radius 2 is 1.15 bits per heavy atom. The highest BCUT2D eigenvalue weighted by Crippen LogP contribution is 2.41. The molecule has 4 atom stereocenters. The van der Waals surface area contributed by atoms with Crippen LogP contribution in [-0.4, -0.2) is 39.5 Å². The van der Waals surface area contributed by atoms with Crippen LogP contribution in [0.25, 0.3) is 0 Å². The molecule has 11 heteroatoms. The Bertz CT molecular complexity index is 1630. The summed E-state index contributed by atoms with van der Waals surface area (Å²) in [5, 5.41) is 5.23. The van der Waals surface area contributed by atoms with E-state index in [4.69, 9.17) is 15.2 Å². The lowest BCUT2D eigenvalue weighted by molar-refractivity contribution is -0.130. The number of hydrogen-bond acceptors (Lipinski definition) is 6. The second-order valence-electron chi connectivity index (χ2n) is 11.8. The number of ether oxygens (including phenoxy) is 2. The van der Waals surface area contributed by atoms with Crippen molar-refractivity contribution in [2.75, 3.05) is 0 Å². The van der Waals surface area contributed by atoms with E-state index >= 15 is 0 Å². The highest BCUT2D eigenvalue weighted by molar-refractivity contribution is 7.52. The Morgan fingerprint density at radius 3 is 1.58 bits per heavy atom. The van der Waals surface area contributed by atoms with E-state index in [9.17, 15) is 23.9 Å². The van der Waals surface area contributed by atoms with Gasteiger partial charge >= 0.3 is 7.60 Å². The van der Waals surface area contributed by atoms with E-state index in [0.29, 0.717) is 42.3 Å². The first kappa shape index (κ1) is 36.4. The summed E-state index contributed by atoms with van der Waals surface area (Å²) in [6.07, 6.45) is 0.576. The van der Waals surface area contributed by atoms with Gasteiger partial charge in [0.05, 0.1) is 6.04 Å². The number of nitrogens with two attached hydrogens (primary N) is 1. The maximum atomic E-state index is 13.6. The van der Waals surface area contributed by atoms with Crippen LogP contribution < -0.4 is 25.8 Å². The van der Waals surface area contributed by atoms with Gasteiger partial charge in [-0.3, -0.25) is 14.2 Å². The van der Waals surface area contributed by atoms with Gasteiger partial charge in [0, 0.05) is 12.8 Å². The summed E-state index contributed by atoms with van der Waals surface area (Å²) in [4.78, 5) is 47.1. The van der Waals surface area contributed by atoms with Crippen molar-refractivity contribution in [2.24, 2.45) is 11.7 Å². The van der Waals surface area contributed by atoms with Crippen molar-refractivity contribution in [2.45, 2.75) is 64.2 Å². The van der Waals surface area contributed by atoms with Crippen LogP contribution in [0, 0.1) is 5.92 Å². The van der Waals surface area contributed by atoms with Gasteiger partial charge in [0.15, 0.2) is 0 Å². The number of hydrogen-bond donors (Lipinski definition) is 5. The minimum atomic E-state index is -4.81. The Labute approximate surface area is 281 Å². The largest absolute Gasteiger partial charge is 0.489 e. The normalized spacial score (nSPS) is 13.9. The fourth-order valence-electron chi connectivity index (χ4n) is 4.89. The molecular formula is C37H44N3O7P. The molecule has 2 amide bonds. The van der Waals surface area contributed by atoms with Crippen molar-refractivity contribution in [3.63, 3.8) is 0 Å². The molecule has 0 aliphatic rings. The molecule has 0 saturated heterocycles. The van der Waals surface area contributed by atoms with E-state index in [-0.39, 0.29) is 18.8 Å². The maximum absolute atomic E-state index is 13.6. The SMILES string of the molecule is CC[C@H](C)[C@H](N)C(=O)N[C@@H](Cc1ccc(OCc2ccccc2)cc1)C(=O)N[C@@H](Cc1ccc(OCc2ccccc2)cc1)P(=O)(O)O. The lowest BCUT2D eigenvalue weighted by Crippen LogP contribution is -2.55. The predicted octanol–water partition coefficient (Wildman–Crippen LogP) is 5.11. The fraction of sp³-hybridized carbons (Fsp3) is 0.297. The second kappa shape index (κ2) is 17.6. The fourth-order valence-corrected chi connectivity index (χ4v) is 5.64. The van der Waals surface area contributed by atoms with Gasteiger partial charge in [0.1, 0.15) is 36.5 Å². The number of benzene rings is 4. The number of carbonyl (C=O) groups is 2. The monoisotopic (exact) mass is 673 g/mol. The molecule has 0 aliphatic heterocycles. The van der Waals surface area contributed by atoms with Gasteiger partial charge in [-0.1, -0.05) is 105 Å². The van der Waals surface area contributed by atoms with Gasteiger partial charge in [-0.05, 0) is 52.4 Å². The van der Waals surface area contributed by atoms with Crippen LogP contribution in [0.2, 0.25) is 0 Å². The van der Waals surface area contributed by atoms with Crippen molar-refractivity contribution >= 4 is 19.4 Å². The molecule has 4 aromatic rings. The molecule has 0 heterocycles. The molecule has 0 spiro atoms. The molecule has 4 rings (SSSR count). The first-order chi connectivity index (χ1) is 23.0. The van der Waals surface area contributed by atoms with E-state index in [1.165, 1.54) is 0 Å². The number of nitrogens with one attached hydrogen (secondary N) is 2. The third-order valence-electron chi connectivity index (χ3n) is 8.12. The molecule has 0 radical (unpaired) electrons. The van der Waals surface area contributed by atoms with E-state index in [1.54, 1.807) is 48.5 Å². The molecule has 6 N–H and O–H groups in total. The zero-order valence-electron chi connectivity index (χ0n) is 27.2. The van der Waals surface area contributed by atoms with Gasteiger partial charge in [-0.25, -0.2) is 0 Å². The standard InChI is InChI=1S/C37H44N3O7P/c1-3-26(2)35(38)37(42)39-33(22-27-14-18-31(19-15-27)46-24-29-10-6-4-7-11-29)36(41)40-34(48(43,44)45)23-28-16-20-32(21-17-28)47-25-30-12-8-5-9-13-30/h4-21,26,33-35H,3,22-25,38H2,1-2H3,(H,39,42)(H,40,41)(H2,43,44,45)/t26-,33-,34+,35-/m0/s1. The average molecular weight is 674 g/mol. The molecule has 0 bridgehead atoms. The maximum Gasteiger partial charge on any atom is 0.347 e. The lowest BCUT2D eigenvalue weighted by atomic mass is 9.98. The van der Waals surface area contributed by atoms with E-state index in [0.717, 1.165) is 11.1 Å². The molecular weight excluding hydrogens is 629 g/mol. The third-order valence-corrected chi connectivity index (χ3v) is 9.24.